The van der Waals surface area contributed by atoms with E-state index in [1.807, 2.05) is 18.1 Å². The van der Waals surface area contributed by atoms with Crippen LogP contribution in [0.5, 0.6) is 0 Å². The van der Waals surface area contributed by atoms with Crippen molar-refractivity contribution in [1.82, 2.24) is 24.9 Å². The number of anilines is 1. The van der Waals surface area contributed by atoms with Gasteiger partial charge in [-0.05, 0) is 52.2 Å². The number of nitrogens with one attached hydrogen (secondary N) is 1. The van der Waals surface area contributed by atoms with Crippen molar-refractivity contribution < 1.29 is 4.79 Å². The highest BCUT2D eigenvalue weighted by atomic mass is 127. The van der Waals surface area contributed by atoms with Crippen LogP contribution in [0.1, 0.15) is 26.2 Å². The number of guanidine groups is 1. The van der Waals surface area contributed by atoms with E-state index in [0.717, 1.165) is 43.6 Å². The standard InChI is InChI=1S/C19H33N7O.HI/c1-4-20-19(21-8-5-16-6-9-23(2)10-7-16)25-11-12-26(18(27)15-25)17-13-22-24(3)14-17;/h13-14,16H,4-12,15H2,1-3H3,(H,20,21);1H. The predicted molar refractivity (Wildman–Crippen MR) is 123 cm³/mol. The highest BCUT2D eigenvalue weighted by Gasteiger charge is 2.27. The monoisotopic (exact) mass is 503 g/mol. The number of halogens is 1. The summed E-state index contributed by atoms with van der Waals surface area (Å²) >= 11 is 0. The van der Waals surface area contributed by atoms with Gasteiger partial charge in [0.05, 0.1) is 11.9 Å². The molecule has 2 fully saturated rings. The summed E-state index contributed by atoms with van der Waals surface area (Å²) in [5.74, 6) is 1.73. The Kier molecular flexibility index (Phi) is 9.00. The second kappa shape index (κ2) is 11.0. The van der Waals surface area contributed by atoms with Crippen LogP contribution in [-0.4, -0.2) is 84.3 Å². The van der Waals surface area contributed by atoms with Gasteiger partial charge in [0, 0.05) is 39.4 Å². The Morgan fingerprint density at radius 1 is 1.25 bits per heavy atom. The van der Waals surface area contributed by atoms with E-state index in [1.165, 1.54) is 25.9 Å². The summed E-state index contributed by atoms with van der Waals surface area (Å²) in [6.45, 7) is 7.88. The Morgan fingerprint density at radius 2 is 2.00 bits per heavy atom. The zero-order chi connectivity index (χ0) is 19.2. The number of aromatic nitrogens is 2. The van der Waals surface area contributed by atoms with Crippen molar-refractivity contribution in [1.29, 1.82) is 0 Å². The summed E-state index contributed by atoms with van der Waals surface area (Å²) < 4.78 is 1.73. The molecule has 0 aromatic carbocycles. The fourth-order valence-corrected chi connectivity index (χ4v) is 3.80. The molecule has 3 rings (SSSR count). The number of aliphatic imine (C=N–C) groups is 1. The van der Waals surface area contributed by atoms with E-state index in [0.29, 0.717) is 13.1 Å². The molecule has 9 heteroatoms. The average Bonchev–Trinajstić information content (AvgIpc) is 3.08. The molecule has 0 spiro atoms. The van der Waals surface area contributed by atoms with Gasteiger partial charge in [-0.25, -0.2) is 0 Å². The van der Waals surface area contributed by atoms with Crippen LogP contribution >= 0.6 is 24.0 Å². The lowest BCUT2D eigenvalue weighted by Crippen LogP contribution is -2.55. The molecule has 2 aliphatic rings. The van der Waals surface area contributed by atoms with E-state index in [4.69, 9.17) is 4.99 Å². The molecule has 158 valence electrons. The number of likely N-dealkylation sites (tertiary alicyclic amines) is 1. The number of aryl methyl sites for hydroxylation is 1. The summed E-state index contributed by atoms with van der Waals surface area (Å²) in [7, 11) is 4.06. The van der Waals surface area contributed by atoms with Gasteiger partial charge in [0.1, 0.15) is 6.54 Å². The fraction of sp³-hybridized carbons (Fsp3) is 0.737. The van der Waals surface area contributed by atoms with Crippen molar-refractivity contribution in [2.24, 2.45) is 18.0 Å². The maximum absolute atomic E-state index is 12.6. The van der Waals surface area contributed by atoms with E-state index in [-0.39, 0.29) is 29.9 Å². The number of carbonyl (C=O) groups is 1. The van der Waals surface area contributed by atoms with Gasteiger partial charge in [-0.2, -0.15) is 5.10 Å². The molecule has 0 unspecified atom stereocenters. The van der Waals surface area contributed by atoms with Crippen LogP contribution in [0.4, 0.5) is 5.69 Å². The zero-order valence-corrected chi connectivity index (χ0v) is 19.6. The first-order valence-corrected chi connectivity index (χ1v) is 10.1. The summed E-state index contributed by atoms with van der Waals surface area (Å²) in [5, 5.41) is 7.53. The van der Waals surface area contributed by atoms with E-state index in [2.05, 4.69) is 34.2 Å². The molecule has 8 nitrogen and oxygen atoms in total. The number of carbonyl (C=O) groups excluding carboxylic acids is 1. The SMILES string of the molecule is CCNC(=NCCC1CCN(C)CC1)N1CCN(c2cnn(C)c2)C(=O)C1.I. The van der Waals surface area contributed by atoms with E-state index >= 15 is 0 Å². The Morgan fingerprint density at radius 3 is 2.61 bits per heavy atom. The Balaban J connectivity index is 0.00000280. The third-order valence-electron chi connectivity index (χ3n) is 5.50. The minimum atomic E-state index is 0. The second-order valence-corrected chi connectivity index (χ2v) is 7.61. The topological polar surface area (TPSA) is 69.0 Å². The molecule has 0 bridgehead atoms. The molecular formula is C19H34IN7O. The summed E-state index contributed by atoms with van der Waals surface area (Å²) in [4.78, 5) is 23.7. The molecule has 0 aliphatic carbocycles. The van der Waals surface area contributed by atoms with Crippen molar-refractivity contribution in [3.05, 3.63) is 12.4 Å². The number of piperidine rings is 1. The number of amides is 1. The lowest BCUT2D eigenvalue weighted by Gasteiger charge is -2.35. The lowest BCUT2D eigenvalue weighted by atomic mass is 9.94. The molecule has 0 radical (unpaired) electrons. The van der Waals surface area contributed by atoms with Crippen molar-refractivity contribution in [2.75, 3.05) is 57.8 Å². The Bertz CT molecular complexity index is 654. The molecule has 1 amide bonds. The van der Waals surface area contributed by atoms with E-state index < -0.39 is 0 Å². The predicted octanol–water partition coefficient (Wildman–Crippen LogP) is 1.38. The first-order chi connectivity index (χ1) is 13.1. The van der Waals surface area contributed by atoms with Gasteiger partial charge >= 0.3 is 0 Å². The Labute approximate surface area is 185 Å². The lowest BCUT2D eigenvalue weighted by molar-refractivity contribution is -0.120. The molecule has 3 heterocycles. The zero-order valence-electron chi connectivity index (χ0n) is 17.3. The minimum Gasteiger partial charge on any atom is -0.357 e. The van der Waals surface area contributed by atoms with E-state index in [9.17, 15) is 4.79 Å². The van der Waals surface area contributed by atoms with Crippen molar-refractivity contribution in [2.45, 2.75) is 26.2 Å². The van der Waals surface area contributed by atoms with Gasteiger partial charge in [-0.3, -0.25) is 14.5 Å². The summed E-state index contributed by atoms with van der Waals surface area (Å²) in [6, 6.07) is 0. The first-order valence-electron chi connectivity index (χ1n) is 10.1. The van der Waals surface area contributed by atoms with Crippen LogP contribution in [-0.2, 0) is 11.8 Å². The highest BCUT2D eigenvalue weighted by Crippen LogP contribution is 2.20. The van der Waals surface area contributed by atoms with E-state index in [1.54, 1.807) is 10.9 Å². The molecule has 28 heavy (non-hydrogen) atoms. The summed E-state index contributed by atoms with van der Waals surface area (Å²) in [6.07, 6.45) is 7.30. The number of hydrogen-bond donors (Lipinski definition) is 1. The summed E-state index contributed by atoms with van der Waals surface area (Å²) in [5.41, 5.74) is 0.867. The third-order valence-corrected chi connectivity index (χ3v) is 5.50. The number of nitrogens with zero attached hydrogens (tertiary/aromatic N) is 6. The quantitative estimate of drug-likeness (QED) is 0.374. The molecule has 1 N–H and O–H groups in total. The molecular weight excluding hydrogens is 469 g/mol. The fourth-order valence-electron chi connectivity index (χ4n) is 3.80. The van der Waals surface area contributed by atoms with Crippen molar-refractivity contribution in [3.8, 4) is 0 Å². The van der Waals surface area contributed by atoms with Crippen LogP contribution in [0.2, 0.25) is 0 Å². The average molecular weight is 503 g/mol. The number of hydrogen-bond acceptors (Lipinski definition) is 4. The van der Waals surface area contributed by atoms with Crippen LogP contribution in [0.3, 0.4) is 0 Å². The first kappa shape index (κ1) is 22.9. The van der Waals surface area contributed by atoms with Crippen LogP contribution < -0.4 is 10.2 Å². The maximum Gasteiger partial charge on any atom is 0.246 e. The maximum atomic E-state index is 12.6. The van der Waals surface area contributed by atoms with Gasteiger partial charge < -0.3 is 20.0 Å². The molecule has 1 aromatic heterocycles. The van der Waals surface area contributed by atoms with Crippen molar-refractivity contribution in [3.63, 3.8) is 0 Å². The van der Waals surface area contributed by atoms with Gasteiger partial charge in [-0.1, -0.05) is 0 Å². The van der Waals surface area contributed by atoms with Crippen LogP contribution in [0, 0.1) is 5.92 Å². The second-order valence-electron chi connectivity index (χ2n) is 7.61. The molecule has 1 aromatic rings. The van der Waals surface area contributed by atoms with Gasteiger partial charge in [0.15, 0.2) is 5.96 Å². The molecule has 2 aliphatic heterocycles. The molecule has 0 saturated carbocycles. The van der Waals surface area contributed by atoms with Gasteiger partial charge in [0.2, 0.25) is 5.91 Å². The third kappa shape index (κ3) is 6.07. The molecule has 2 saturated heterocycles. The Hall–Kier alpha value is -1.36. The van der Waals surface area contributed by atoms with Crippen LogP contribution in [0.25, 0.3) is 0 Å². The smallest absolute Gasteiger partial charge is 0.246 e. The molecule has 0 atom stereocenters. The highest BCUT2D eigenvalue weighted by molar-refractivity contribution is 14.0. The van der Waals surface area contributed by atoms with Gasteiger partial charge in [-0.15, -0.1) is 24.0 Å². The number of piperazine rings is 1. The largest absolute Gasteiger partial charge is 0.357 e. The van der Waals surface area contributed by atoms with Crippen LogP contribution in [0.15, 0.2) is 17.4 Å². The van der Waals surface area contributed by atoms with Crippen molar-refractivity contribution >= 4 is 41.5 Å². The minimum absolute atomic E-state index is 0. The number of rotatable bonds is 5. The van der Waals surface area contributed by atoms with Gasteiger partial charge in [0.25, 0.3) is 0 Å². The normalized spacial score (nSPS) is 19.7.